The van der Waals surface area contributed by atoms with Crippen LogP contribution in [0.3, 0.4) is 0 Å². The summed E-state index contributed by atoms with van der Waals surface area (Å²) in [7, 11) is 25.0. The second-order valence-corrected chi connectivity index (χ2v) is 22.7. The number of hydrogen-bond acceptors (Lipinski definition) is 8. The van der Waals surface area contributed by atoms with Crippen LogP contribution in [0.15, 0.2) is 24.3 Å². The molecule has 0 amide bonds. The number of rotatable bonds is 19. The van der Waals surface area contributed by atoms with E-state index in [4.69, 9.17) is 24.2 Å². The molecule has 2 N–H and O–H groups in total. The minimum atomic E-state index is -0.519. The van der Waals surface area contributed by atoms with Gasteiger partial charge in [0.25, 0.3) is 0 Å². The predicted octanol–water partition coefficient (Wildman–Crippen LogP) is 7.10. The van der Waals surface area contributed by atoms with Crippen LogP contribution < -0.4 is 0 Å². The Morgan fingerprint density at radius 2 is 1.24 bits per heavy atom. The maximum Gasteiger partial charge on any atom is 0.340 e. The van der Waals surface area contributed by atoms with Crippen molar-refractivity contribution in [2.75, 3.05) is 131 Å². The van der Waals surface area contributed by atoms with Crippen LogP contribution in [-0.4, -0.2) is 186 Å². The number of ether oxygens (including phenoxy) is 3. The number of nitrogens with one attached hydrogen (secondary N) is 2. The van der Waals surface area contributed by atoms with E-state index in [1.807, 2.05) is 55.3 Å². The predicted molar refractivity (Wildman–Crippen MR) is 270 cm³/mol. The van der Waals surface area contributed by atoms with E-state index in [0.29, 0.717) is 79.9 Å². The number of nitrogens with zero attached hydrogens (tertiary/aromatic N) is 6. The van der Waals surface area contributed by atoms with E-state index >= 15 is 0 Å². The minimum Gasteiger partial charge on any atom is -0.460 e. The average Bonchev–Trinajstić information content (AvgIpc) is 3.87. The number of quaternary nitrogens is 4. The number of esters is 3. The molecule has 8 bridgehead atoms. The topological polar surface area (TPSA) is 136 Å². The highest BCUT2D eigenvalue weighted by molar-refractivity contribution is 6.25. The van der Waals surface area contributed by atoms with E-state index in [1.54, 1.807) is 0 Å². The number of aryl methyl sites for hydroxylation is 3. The fraction of sp³-hybridized carbons (Fsp3) is 0.566. The van der Waals surface area contributed by atoms with Gasteiger partial charge in [-0.1, -0.05) is 19.9 Å². The zero-order valence-corrected chi connectivity index (χ0v) is 44.0. The molecule has 5 heterocycles. The summed E-state index contributed by atoms with van der Waals surface area (Å²) in [6, 6.07) is 6.29. The molecule has 0 radical (unpaired) electrons. The second kappa shape index (κ2) is 21.0. The van der Waals surface area contributed by atoms with E-state index in [1.165, 1.54) is 0 Å². The molecule has 3 aromatic rings. The number of likely N-dealkylation sites (N-methyl/N-ethyl adjacent to an activating group) is 4. The van der Waals surface area contributed by atoms with E-state index < -0.39 is 11.9 Å². The number of aromatic amines is 2. The zero-order chi connectivity index (χ0) is 49.8. The molecule has 2 aliphatic rings. The lowest BCUT2D eigenvalue weighted by atomic mass is 9.84. The lowest BCUT2D eigenvalue weighted by Crippen LogP contribution is -2.38. The molecule has 2 atom stereocenters. The van der Waals surface area contributed by atoms with Gasteiger partial charge in [-0.25, -0.2) is 9.78 Å². The molecule has 67 heavy (non-hydrogen) atoms. The molecule has 0 fully saturated rings. The van der Waals surface area contributed by atoms with Crippen molar-refractivity contribution in [2.45, 2.75) is 72.1 Å². The fourth-order valence-electron chi connectivity index (χ4n) is 8.41. The fourth-order valence-corrected chi connectivity index (χ4v) is 8.41. The Hall–Kier alpha value is -5.15. The number of hydrogen-bond donors (Lipinski definition) is 2. The monoisotopic (exact) mass is 927 g/mol. The van der Waals surface area contributed by atoms with Gasteiger partial charge in [0.15, 0.2) is 0 Å². The van der Waals surface area contributed by atoms with Gasteiger partial charge in [-0.2, -0.15) is 0 Å². The molecule has 0 unspecified atom stereocenters. The number of fused-ring (bicyclic) bond motifs is 8. The first-order valence-electron chi connectivity index (χ1n) is 23.9. The van der Waals surface area contributed by atoms with Gasteiger partial charge in [0.2, 0.25) is 0 Å². The lowest BCUT2D eigenvalue weighted by molar-refractivity contribution is -0.870. The molecule has 0 spiro atoms. The molecule has 366 valence electrons. The van der Waals surface area contributed by atoms with Crippen LogP contribution in [0.5, 0.6) is 0 Å². The van der Waals surface area contributed by atoms with E-state index in [0.717, 1.165) is 67.5 Å². The van der Waals surface area contributed by atoms with Crippen LogP contribution in [0, 0.1) is 13.8 Å². The van der Waals surface area contributed by atoms with Crippen molar-refractivity contribution < 1.29 is 46.5 Å². The maximum atomic E-state index is 14.6. The minimum absolute atomic E-state index is 0.141. The van der Waals surface area contributed by atoms with Crippen LogP contribution in [0.1, 0.15) is 96.0 Å². The maximum absolute atomic E-state index is 14.6. The number of carbonyl (C=O) groups is 3. The van der Waals surface area contributed by atoms with Gasteiger partial charge in [0, 0.05) is 57.1 Å². The molecule has 3 aromatic heterocycles. The Labute approximate surface area is 400 Å². The zero-order valence-electron chi connectivity index (χ0n) is 44.0. The summed E-state index contributed by atoms with van der Waals surface area (Å²) in [4.78, 5) is 60.4. The van der Waals surface area contributed by atoms with Gasteiger partial charge in [0.1, 0.15) is 39.5 Å². The van der Waals surface area contributed by atoms with Crippen molar-refractivity contribution in [1.29, 1.82) is 0 Å². The average molecular weight is 927 g/mol. The third kappa shape index (κ3) is 14.2. The summed E-state index contributed by atoms with van der Waals surface area (Å²) < 4.78 is 20.5. The van der Waals surface area contributed by atoms with Crippen LogP contribution in [-0.2, 0) is 41.4 Å². The standard InChI is InChI=1S/C53H81N8O6/c1-18-38-34(2)43-32-47-39(20-19-23-58(6,7)8)35(3)42(55-47)31-44-36(4)40(21-22-48(62)65-27-24-59(9,10)11)51(56-44)41(30-49(63)66-28-25-60(12,13)14)52-50(53(64)67-29-26-61(15,16)17)37(5)45(57-52)33-46(38)54-43/h19-20,31-33,36,40H,18,21-30H2,1-17H3,(H-,54,55,56,57,64)/q+3/p+1/b20-19+/t36-,40-/m0/s1. The smallest absolute Gasteiger partial charge is 0.340 e. The van der Waals surface area contributed by atoms with Crippen LogP contribution in [0.2, 0.25) is 0 Å². The van der Waals surface area contributed by atoms with Crippen molar-refractivity contribution in [3.63, 3.8) is 0 Å². The molecule has 0 aliphatic carbocycles. The summed E-state index contributed by atoms with van der Waals surface area (Å²) in [6.07, 6.45) is 5.54. The molecular weight excluding hydrogens is 845 g/mol. The first kappa shape index (κ1) is 52.8. The molecule has 0 saturated heterocycles. The highest BCUT2D eigenvalue weighted by Gasteiger charge is 2.36. The van der Waals surface area contributed by atoms with E-state index in [9.17, 15) is 14.4 Å². The quantitative estimate of drug-likeness (QED) is 0.0739. The third-order valence-electron chi connectivity index (χ3n) is 12.7. The Balaban J connectivity index is 1.88. The van der Waals surface area contributed by atoms with Crippen molar-refractivity contribution in [1.82, 2.24) is 19.9 Å². The third-order valence-corrected chi connectivity index (χ3v) is 12.7. The SMILES string of the molecule is CCc1c(C)c2cc3[nH]c(cc4nc(c(CC(=O)OCC[N+](C)(C)C)c5nc(cc1[nH]2)C(C)=C5C(=O)OCC[N+](C)(C)C)[C@@H](CCC(=O)OCC[N+](C)(C)C)[C@@H]4C)c(C)c3/C=C/C[N+](C)(C)C. The highest BCUT2D eigenvalue weighted by Crippen LogP contribution is 2.44. The number of allylic oxidation sites excluding steroid dienone is 1. The Bertz CT molecular complexity index is 2550. The van der Waals surface area contributed by atoms with Gasteiger partial charge < -0.3 is 42.1 Å². The molecular formula is C53H82N8O6+4. The second-order valence-electron chi connectivity index (χ2n) is 22.7. The molecule has 0 saturated carbocycles. The van der Waals surface area contributed by atoms with Crippen molar-refractivity contribution >= 4 is 57.2 Å². The Morgan fingerprint density at radius 3 is 1.82 bits per heavy atom. The van der Waals surface area contributed by atoms with Crippen LogP contribution in [0.25, 0.3) is 39.3 Å². The summed E-state index contributed by atoms with van der Waals surface area (Å²) in [5.74, 6) is -1.80. The highest BCUT2D eigenvalue weighted by atomic mass is 16.5. The molecule has 14 nitrogen and oxygen atoms in total. The van der Waals surface area contributed by atoms with Gasteiger partial charge >= 0.3 is 17.9 Å². The molecule has 2 aliphatic heterocycles. The van der Waals surface area contributed by atoms with Gasteiger partial charge in [-0.3, -0.25) is 14.6 Å². The summed E-state index contributed by atoms with van der Waals surface area (Å²) in [5, 5.41) is 0. The van der Waals surface area contributed by atoms with Crippen molar-refractivity contribution in [3.8, 4) is 0 Å². The first-order valence-corrected chi connectivity index (χ1v) is 23.9. The van der Waals surface area contributed by atoms with E-state index in [2.05, 4.69) is 104 Å². The van der Waals surface area contributed by atoms with Gasteiger partial charge in [0.05, 0.1) is 120 Å². The normalized spacial score (nSPS) is 16.0. The molecule has 14 heteroatoms. The summed E-state index contributed by atoms with van der Waals surface area (Å²) in [6.45, 7) is 13.9. The number of aromatic nitrogens is 4. The number of carbonyl (C=O) groups excluding carboxylic acids is 3. The Morgan fingerprint density at radius 1 is 0.672 bits per heavy atom. The van der Waals surface area contributed by atoms with Crippen molar-refractivity contribution in [2.24, 2.45) is 0 Å². The van der Waals surface area contributed by atoms with E-state index in [-0.39, 0.29) is 43.9 Å². The van der Waals surface area contributed by atoms with Crippen molar-refractivity contribution in [3.05, 3.63) is 74.9 Å². The van der Waals surface area contributed by atoms with Crippen LogP contribution in [0.4, 0.5) is 0 Å². The molecule has 5 rings (SSSR count). The first-order chi connectivity index (χ1) is 31.1. The van der Waals surface area contributed by atoms with Gasteiger partial charge in [-0.05, 0) is 80.2 Å². The lowest BCUT2D eigenvalue weighted by Gasteiger charge is -2.24. The Kier molecular flexibility index (Phi) is 16.6. The largest absolute Gasteiger partial charge is 0.460 e. The van der Waals surface area contributed by atoms with Gasteiger partial charge in [-0.15, -0.1) is 0 Å². The van der Waals surface area contributed by atoms with Crippen LogP contribution >= 0.6 is 0 Å². The summed E-state index contributed by atoms with van der Waals surface area (Å²) >= 11 is 0. The molecule has 0 aromatic carbocycles. The number of H-pyrrole nitrogens is 2. The summed E-state index contributed by atoms with van der Waals surface area (Å²) in [5.41, 5.74) is 11.9.